The van der Waals surface area contributed by atoms with Crippen LogP contribution in [-0.2, 0) is 6.42 Å². The molecule has 2 aromatic rings. The molecule has 1 atom stereocenters. The Labute approximate surface area is 109 Å². The van der Waals surface area contributed by atoms with Gasteiger partial charge in [0.1, 0.15) is 5.82 Å². The lowest BCUT2D eigenvalue weighted by atomic mass is 10.0. The van der Waals surface area contributed by atoms with Crippen LogP contribution in [0.3, 0.4) is 0 Å². The van der Waals surface area contributed by atoms with Crippen molar-refractivity contribution in [2.75, 3.05) is 0 Å². The predicted molar refractivity (Wildman–Crippen MR) is 71.1 cm³/mol. The van der Waals surface area contributed by atoms with Gasteiger partial charge in [-0.1, -0.05) is 23.7 Å². The highest BCUT2D eigenvalue weighted by atomic mass is 35.5. The van der Waals surface area contributed by atoms with E-state index in [9.17, 15) is 4.39 Å². The van der Waals surface area contributed by atoms with Gasteiger partial charge >= 0.3 is 0 Å². The van der Waals surface area contributed by atoms with E-state index in [-0.39, 0.29) is 11.9 Å². The van der Waals surface area contributed by atoms with E-state index in [0.717, 1.165) is 14.8 Å². The SMILES string of the molecule is Cc1ccc(C(N)Cc2ccc(Cl)s2)c(F)c1. The Morgan fingerprint density at radius 2 is 2.12 bits per heavy atom. The van der Waals surface area contributed by atoms with E-state index in [2.05, 4.69) is 0 Å². The highest BCUT2D eigenvalue weighted by molar-refractivity contribution is 7.16. The van der Waals surface area contributed by atoms with Gasteiger partial charge in [0, 0.05) is 22.9 Å². The molecule has 1 aromatic heterocycles. The van der Waals surface area contributed by atoms with Crippen molar-refractivity contribution in [1.82, 2.24) is 0 Å². The minimum atomic E-state index is -0.328. The largest absolute Gasteiger partial charge is 0.324 e. The zero-order valence-electron chi connectivity index (χ0n) is 9.41. The number of aryl methyl sites for hydroxylation is 1. The van der Waals surface area contributed by atoms with E-state index in [0.29, 0.717) is 12.0 Å². The van der Waals surface area contributed by atoms with Crippen LogP contribution in [0.25, 0.3) is 0 Å². The average Bonchev–Trinajstić information content (AvgIpc) is 2.63. The summed E-state index contributed by atoms with van der Waals surface area (Å²) in [5.74, 6) is -0.236. The van der Waals surface area contributed by atoms with Crippen LogP contribution < -0.4 is 5.73 Å². The van der Waals surface area contributed by atoms with Gasteiger partial charge in [0.25, 0.3) is 0 Å². The molecule has 0 saturated carbocycles. The van der Waals surface area contributed by atoms with Crippen molar-refractivity contribution in [3.8, 4) is 0 Å². The molecule has 0 aliphatic carbocycles. The zero-order valence-corrected chi connectivity index (χ0v) is 11.0. The van der Waals surface area contributed by atoms with Crippen molar-refractivity contribution < 1.29 is 4.39 Å². The van der Waals surface area contributed by atoms with Crippen molar-refractivity contribution in [3.05, 3.63) is 56.5 Å². The second-order valence-corrected chi connectivity index (χ2v) is 5.84. The number of rotatable bonds is 3. The van der Waals surface area contributed by atoms with Gasteiger partial charge in [-0.25, -0.2) is 4.39 Å². The molecule has 0 saturated heterocycles. The van der Waals surface area contributed by atoms with Gasteiger partial charge in [0.2, 0.25) is 0 Å². The summed E-state index contributed by atoms with van der Waals surface area (Å²) in [6.45, 7) is 1.86. The minimum Gasteiger partial charge on any atom is -0.324 e. The van der Waals surface area contributed by atoms with Gasteiger partial charge in [0.05, 0.1) is 4.34 Å². The molecule has 2 N–H and O–H groups in total. The second-order valence-electron chi connectivity index (χ2n) is 4.04. The molecule has 0 bridgehead atoms. The molecule has 90 valence electrons. The number of thiophene rings is 1. The molecular weight excluding hydrogens is 257 g/mol. The smallest absolute Gasteiger partial charge is 0.128 e. The zero-order chi connectivity index (χ0) is 12.4. The lowest BCUT2D eigenvalue weighted by Gasteiger charge is -2.12. The summed E-state index contributed by atoms with van der Waals surface area (Å²) >= 11 is 7.33. The number of halogens is 2. The number of hydrogen-bond acceptors (Lipinski definition) is 2. The maximum Gasteiger partial charge on any atom is 0.128 e. The Morgan fingerprint density at radius 1 is 1.35 bits per heavy atom. The topological polar surface area (TPSA) is 26.0 Å². The van der Waals surface area contributed by atoms with Crippen LogP contribution in [-0.4, -0.2) is 0 Å². The fourth-order valence-corrected chi connectivity index (χ4v) is 2.87. The molecule has 0 aliphatic heterocycles. The number of benzene rings is 1. The lowest BCUT2D eigenvalue weighted by Crippen LogP contribution is -2.14. The van der Waals surface area contributed by atoms with Crippen LogP contribution in [0.1, 0.15) is 22.0 Å². The van der Waals surface area contributed by atoms with Gasteiger partial charge in [-0.15, -0.1) is 11.3 Å². The summed E-state index contributed by atoms with van der Waals surface area (Å²) in [6.07, 6.45) is 0.608. The molecule has 0 fully saturated rings. The van der Waals surface area contributed by atoms with Crippen molar-refractivity contribution in [1.29, 1.82) is 0 Å². The quantitative estimate of drug-likeness (QED) is 0.892. The molecule has 1 aromatic carbocycles. The molecule has 0 radical (unpaired) electrons. The molecular formula is C13H13ClFNS. The summed E-state index contributed by atoms with van der Waals surface area (Å²) in [7, 11) is 0. The van der Waals surface area contributed by atoms with Gasteiger partial charge in [-0.3, -0.25) is 0 Å². The lowest BCUT2D eigenvalue weighted by molar-refractivity contribution is 0.580. The molecule has 1 heterocycles. The molecule has 1 nitrogen and oxygen atoms in total. The normalized spacial score (nSPS) is 12.7. The Balaban J connectivity index is 2.17. The molecule has 0 spiro atoms. The fraction of sp³-hybridized carbons (Fsp3) is 0.231. The van der Waals surface area contributed by atoms with Crippen LogP contribution in [0.15, 0.2) is 30.3 Å². The summed E-state index contributed by atoms with van der Waals surface area (Å²) in [6, 6.07) is 8.57. The molecule has 2 rings (SSSR count). The molecule has 0 aliphatic rings. The van der Waals surface area contributed by atoms with Crippen LogP contribution in [0, 0.1) is 12.7 Å². The van der Waals surface area contributed by atoms with Crippen LogP contribution in [0.4, 0.5) is 4.39 Å². The minimum absolute atomic E-state index is 0.236. The third-order valence-corrected chi connectivity index (χ3v) is 3.86. The first-order valence-electron chi connectivity index (χ1n) is 5.32. The Kier molecular flexibility index (Phi) is 3.82. The van der Waals surface area contributed by atoms with E-state index < -0.39 is 0 Å². The first-order valence-corrected chi connectivity index (χ1v) is 6.51. The van der Waals surface area contributed by atoms with Crippen molar-refractivity contribution in [2.45, 2.75) is 19.4 Å². The standard InChI is InChI=1S/C13H13ClFNS/c1-8-2-4-10(11(15)6-8)12(16)7-9-3-5-13(14)17-9/h2-6,12H,7,16H2,1H3. The molecule has 0 amide bonds. The average molecular weight is 270 g/mol. The Bertz CT molecular complexity index is 524. The number of nitrogens with two attached hydrogens (primary N) is 1. The Hall–Kier alpha value is -0.900. The van der Waals surface area contributed by atoms with Gasteiger partial charge in [-0.2, -0.15) is 0 Å². The summed E-state index contributed by atoms with van der Waals surface area (Å²) in [4.78, 5) is 1.07. The molecule has 4 heteroatoms. The monoisotopic (exact) mass is 269 g/mol. The first kappa shape index (κ1) is 12.6. The summed E-state index contributed by atoms with van der Waals surface area (Å²) in [5, 5.41) is 0. The van der Waals surface area contributed by atoms with E-state index in [1.807, 2.05) is 25.1 Å². The van der Waals surface area contributed by atoms with Crippen LogP contribution in [0.5, 0.6) is 0 Å². The van der Waals surface area contributed by atoms with Crippen molar-refractivity contribution in [2.24, 2.45) is 5.73 Å². The molecule has 1 unspecified atom stereocenters. The van der Waals surface area contributed by atoms with Crippen molar-refractivity contribution in [3.63, 3.8) is 0 Å². The number of hydrogen-bond donors (Lipinski definition) is 1. The predicted octanol–water partition coefficient (Wildman–Crippen LogP) is 4.09. The highest BCUT2D eigenvalue weighted by Crippen LogP contribution is 2.26. The summed E-state index contributed by atoms with van der Waals surface area (Å²) in [5.41, 5.74) is 7.47. The first-order chi connectivity index (χ1) is 8.06. The van der Waals surface area contributed by atoms with E-state index in [4.69, 9.17) is 17.3 Å². The van der Waals surface area contributed by atoms with Gasteiger partial charge < -0.3 is 5.73 Å². The van der Waals surface area contributed by atoms with Gasteiger partial charge in [0.15, 0.2) is 0 Å². The maximum atomic E-state index is 13.7. The van der Waals surface area contributed by atoms with Gasteiger partial charge in [-0.05, 0) is 30.7 Å². The Morgan fingerprint density at radius 3 is 2.71 bits per heavy atom. The highest BCUT2D eigenvalue weighted by Gasteiger charge is 2.13. The fourth-order valence-electron chi connectivity index (χ4n) is 1.72. The summed E-state index contributed by atoms with van der Waals surface area (Å²) < 4.78 is 14.4. The van der Waals surface area contributed by atoms with E-state index >= 15 is 0 Å². The van der Waals surface area contributed by atoms with Crippen LogP contribution in [0.2, 0.25) is 4.34 Å². The maximum absolute atomic E-state index is 13.7. The third-order valence-electron chi connectivity index (χ3n) is 2.61. The second kappa shape index (κ2) is 5.17. The molecule has 17 heavy (non-hydrogen) atoms. The van der Waals surface area contributed by atoms with Crippen molar-refractivity contribution >= 4 is 22.9 Å². The third kappa shape index (κ3) is 3.06. The van der Waals surface area contributed by atoms with Crippen LogP contribution >= 0.6 is 22.9 Å². The van der Waals surface area contributed by atoms with E-state index in [1.54, 1.807) is 6.07 Å². The van der Waals surface area contributed by atoms with E-state index in [1.165, 1.54) is 17.4 Å².